The van der Waals surface area contributed by atoms with Crippen molar-refractivity contribution in [1.29, 1.82) is 0 Å². The zero-order valence-electron chi connectivity index (χ0n) is 15.7. The molecule has 4 rings (SSSR count). The van der Waals surface area contributed by atoms with Crippen molar-refractivity contribution in [3.05, 3.63) is 101 Å². The van der Waals surface area contributed by atoms with E-state index in [2.05, 4.69) is 43.3 Å². The normalized spacial score (nSPS) is 12.4. The summed E-state index contributed by atoms with van der Waals surface area (Å²) < 4.78 is 9.89. The van der Waals surface area contributed by atoms with Crippen molar-refractivity contribution in [2.45, 2.75) is 25.9 Å². The summed E-state index contributed by atoms with van der Waals surface area (Å²) in [5.74, 6) is 0.913. The van der Waals surface area contributed by atoms with Crippen molar-refractivity contribution in [2.75, 3.05) is 7.11 Å². The van der Waals surface area contributed by atoms with E-state index in [1.165, 1.54) is 18.2 Å². The van der Waals surface area contributed by atoms with Gasteiger partial charge < -0.3 is 9.47 Å². The average Bonchev–Trinajstić information content (AvgIpc) is 2.68. The quantitative estimate of drug-likeness (QED) is 0.595. The molecular weight excluding hydrogens is 336 g/mol. The highest BCUT2D eigenvalue weighted by Crippen LogP contribution is 2.29. The van der Waals surface area contributed by atoms with Gasteiger partial charge in [0.1, 0.15) is 12.4 Å². The number of methoxy groups -OCH3 is 1. The SMILES string of the molecule is COC(=O)CC(c1ccccc1)c1cccc(C)c1.c1ccc2c(c1)CO2. The van der Waals surface area contributed by atoms with Crippen LogP contribution in [0.2, 0.25) is 0 Å². The van der Waals surface area contributed by atoms with E-state index in [-0.39, 0.29) is 11.9 Å². The number of rotatable bonds is 4. The summed E-state index contributed by atoms with van der Waals surface area (Å²) in [6, 6.07) is 26.4. The van der Waals surface area contributed by atoms with Crippen LogP contribution in [0.4, 0.5) is 0 Å². The Morgan fingerprint density at radius 3 is 2.22 bits per heavy atom. The third kappa shape index (κ3) is 4.98. The van der Waals surface area contributed by atoms with E-state index in [0.717, 1.165) is 23.5 Å². The number of para-hydroxylation sites is 1. The second kappa shape index (κ2) is 9.04. The molecule has 0 radical (unpaired) electrons. The van der Waals surface area contributed by atoms with Crippen molar-refractivity contribution in [1.82, 2.24) is 0 Å². The fraction of sp³-hybridized carbons (Fsp3) is 0.208. The highest BCUT2D eigenvalue weighted by molar-refractivity contribution is 5.71. The molecule has 3 aromatic rings. The molecule has 1 heterocycles. The molecule has 27 heavy (non-hydrogen) atoms. The number of hydrogen-bond donors (Lipinski definition) is 0. The number of aryl methyl sites for hydroxylation is 1. The number of carbonyl (C=O) groups excluding carboxylic acids is 1. The Morgan fingerprint density at radius 2 is 1.67 bits per heavy atom. The third-order valence-corrected chi connectivity index (χ3v) is 4.60. The van der Waals surface area contributed by atoms with Gasteiger partial charge in [0.05, 0.1) is 13.5 Å². The highest BCUT2D eigenvalue weighted by atomic mass is 16.5. The van der Waals surface area contributed by atoms with Crippen LogP contribution < -0.4 is 4.74 Å². The van der Waals surface area contributed by atoms with Crippen molar-refractivity contribution in [2.24, 2.45) is 0 Å². The summed E-state index contributed by atoms with van der Waals surface area (Å²) in [5, 5.41) is 0. The van der Waals surface area contributed by atoms with Gasteiger partial charge in [-0.3, -0.25) is 4.79 Å². The molecule has 1 unspecified atom stereocenters. The lowest BCUT2D eigenvalue weighted by molar-refractivity contribution is -0.140. The van der Waals surface area contributed by atoms with Gasteiger partial charge in [0.25, 0.3) is 0 Å². The lowest BCUT2D eigenvalue weighted by atomic mass is 9.88. The van der Waals surface area contributed by atoms with Crippen molar-refractivity contribution >= 4 is 5.97 Å². The largest absolute Gasteiger partial charge is 0.488 e. The zero-order chi connectivity index (χ0) is 19.1. The van der Waals surface area contributed by atoms with Gasteiger partial charge in [-0.15, -0.1) is 0 Å². The first-order valence-corrected chi connectivity index (χ1v) is 9.06. The molecule has 1 aliphatic rings. The van der Waals surface area contributed by atoms with E-state index in [9.17, 15) is 4.79 Å². The first kappa shape index (κ1) is 18.7. The van der Waals surface area contributed by atoms with Gasteiger partial charge in [-0.2, -0.15) is 0 Å². The molecule has 138 valence electrons. The lowest BCUT2D eigenvalue weighted by Gasteiger charge is -2.18. The van der Waals surface area contributed by atoms with Gasteiger partial charge in [-0.1, -0.05) is 78.4 Å². The first-order valence-electron chi connectivity index (χ1n) is 9.06. The fourth-order valence-corrected chi connectivity index (χ4v) is 3.09. The number of benzene rings is 3. The van der Waals surface area contributed by atoms with Crippen LogP contribution in [0.15, 0.2) is 78.9 Å². The molecule has 1 atom stereocenters. The van der Waals surface area contributed by atoms with Crippen LogP contribution in [0.5, 0.6) is 5.75 Å². The first-order chi connectivity index (χ1) is 13.2. The monoisotopic (exact) mass is 360 g/mol. The minimum atomic E-state index is -0.185. The van der Waals surface area contributed by atoms with Crippen molar-refractivity contribution < 1.29 is 14.3 Å². The molecule has 3 nitrogen and oxygen atoms in total. The van der Waals surface area contributed by atoms with E-state index in [4.69, 9.17) is 9.47 Å². The Labute approximate surface area is 160 Å². The fourth-order valence-electron chi connectivity index (χ4n) is 3.09. The van der Waals surface area contributed by atoms with Gasteiger partial charge in [0.15, 0.2) is 0 Å². The van der Waals surface area contributed by atoms with Crippen LogP contribution >= 0.6 is 0 Å². The number of hydrogen-bond acceptors (Lipinski definition) is 3. The third-order valence-electron chi connectivity index (χ3n) is 4.60. The number of ether oxygens (including phenoxy) is 2. The summed E-state index contributed by atoms with van der Waals surface area (Å²) >= 11 is 0. The summed E-state index contributed by atoms with van der Waals surface area (Å²) in [6.07, 6.45) is 0.365. The standard InChI is InChI=1S/C17H18O2.C7H6O/c1-13-7-6-10-15(11-13)16(12-17(18)19-2)14-8-4-3-5-9-14;1-2-4-7-6(3-1)5-8-7/h3-11,16H,12H2,1-2H3;1-4H,5H2. The Morgan fingerprint density at radius 1 is 0.963 bits per heavy atom. The summed E-state index contributed by atoms with van der Waals surface area (Å²) in [6.45, 7) is 2.86. The van der Waals surface area contributed by atoms with Crippen LogP contribution in [-0.4, -0.2) is 13.1 Å². The average molecular weight is 360 g/mol. The maximum absolute atomic E-state index is 11.6. The van der Waals surface area contributed by atoms with Crippen LogP contribution in [-0.2, 0) is 16.1 Å². The topological polar surface area (TPSA) is 35.5 Å². The van der Waals surface area contributed by atoms with Gasteiger partial charge in [0.2, 0.25) is 0 Å². The molecular formula is C24H24O3. The highest BCUT2D eigenvalue weighted by Gasteiger charge is 2.18. The Kier molecular flexibility index (Phi) is 6.26. The molecule has 0 aromatic heterocycles. The van der Waals surface area contributed by atoms with Crippen LogP contribution in [0, 0.1) is 6.92 Å². The minimum Gasteiger partial charge on any atom is -0.488 e. The number of fused-ring (bicyclic) bond motifs is 1. The Balaban J connectivity index is 0.000000216. The smallest absolute Gasteiger partial charge is 0.306 e. The molecule has 0 amide bonds. The molecule has 0 bridgehead atoms. The van der Waals surface area contributed by atoms with Crippen molar-refractivity contribution in [3.63, 3.8) is 0 Å². The number of carbonyl (C=O) groups is 1. The Hall–Kier alpha value is -3.07. The molecule has 0 saturated heterocycles. The molecule has 3 aromatic carbocycles. The molecule has 0 fully saturated rings. The lowest BCUT2D eigenvalue weighted by Crippen LogP contribution is -2.10. The van der Waals surface area contributed by atoms with E-state index >= 15 is 0 Å². The van der Waals surface area contributed by atoms with Gasteiger partial charge >= 0.3 is 5.97 Å². The molecule has 1 aliphatic heterocycles. The zero-order valence-corrected chi connectivity index (χ0v) is 15.7. The van der Waals surface area contributed by atoms with E-state index in [1.54, 1.807) is 0 Å². The summed E-state index contributed by atoms with van der Waals surface area (Å²) in [5.41, 5.74) is 4.81. The Bertz CT molecular complexity index is 864. The van der Waals surface area contributed by atoms with E-state index in [0.29, 0.717) is 6.42 Å². The maximum atomic E-state index is 11.6. The number of esters is 1. The summed E-state index contributed by atoms with van der Waals surface area (Å²) in [7, 11) is 1.43. The molecule has 3 heteroatoms. The van der Waals surface area contributed by atoms with Crippen molar-refractivity contribution in [3.8, 4) is 5.75 Å². The van der Waals surface area contributed by atoms with Gasteiger partial charge in [-0.25, -0.2) is 0 Å². The molecule has 0 aliphatic carbocycles. The van der Waals surface area contributed by atoms with Gasteiger partial charge in [-0.05, 0) is 24.1 Å². The van der Waals surface area contributed by atoms with Crippen LogP contribution in [0.25, 0.3) is 0 Å². The predicted molar refractivity (Wildman–Crippen MR) is 107 cm³/mol. The van der Waals surface area contributed by atoms with E-state index in [1.807, 2.05) is 42.5 Å². The van der Waals surface area contributed by atoms with Crippen LogP contribution in [0.1, 0.15) is 34.6 Å². The molecule has 0 saturated carbocycles. The second-order valence-corrected chi connectivity index (χ2v) is 6.55. The molecule has 0 N–H and O–H groups in total. The predicted octanol–water partition coefficient (Wildman–Crippen LogP) is 5.27. The van der Waals surface area contributed by atoms with Gasteiger partial charge in [0, 0.05) is 11.5 Å². The minimum absolute atomic E-state index is 0.0496. The second-order valence-electron chi connectivity index (χ2n) is 6.55. The molecule has 0 spiro atoms. The summed E-state index contributed by atoms with van der Waals surface area (Å²) in [4.78, 5) is 11.6. The maximum Gasteiger partial charge on any atom is 0.306 e. The van der Waals surface area contributed by atoms with Crippen LogP contribution in [0.3, 0.4) is 0 Å². The van der Waals surface area contributed by atoms with E-state index < -0.39 is 0 Å².